The standard InChI is InChI=1S/C16H25NO4/c1-5-19-13-8-6-7-9-14(13)20-11-10-12(17)15(18)21-16(2,3)4/h6-9,12H,5,10-11,17H2,1-4H3. The number of carbonyl (C=O) groups is 1. The van der Waals surface area contributed by atoms with Crippen molar-refractivity contribution in [2.75, 3.05) is 13.2 Å². The highest BCUT2D eigenvalue weighted by atomic mass is 16.6. The first-order valence-corrected chi connectivity index (χ1v) is 7.16. The molecular weight excluding hydrogens is 270 g/mol. The summed E-state index contributed by atoms with van der Waals surface area (Å²) < 4.78 is 16.3. The molecule has 1 atom stereocenters. The van der Waals surface area contributed by atoms with E-state index in [1.807, 2.05) is 52.0 Å². The van der Waals surface area contributed by atoms with Gasteiger partial charge in [0.2, 0.25) is 0 Å². The predicted octanol–water partition coefficient (Wildman–Crippen LogP) is 2.52. The Morgan fingerprint density at radius 1 is 1.19 bits per heavy atom. The first kappa shape index (κ1) is 17.3. The molecule has 1 rings (SSSR count). The molecule has 0 heterocycles. The van der Waals surface area contributed by atoms with Crippen LogP contribution < -0.4 is 15.2 Å². The molecule has 0 aromatic heterocycles. The Hall–Kier alpha value is -1.75. The second-order valence-corrected chi connectivity index (χ2v) is 5.66. The van der Waals surface area contributed by atoms with Crippen molar-refractivity contribution in [1.82, 2.24) is 0 Å². The lowest BCUT2D eigenvalue weighted by molar-refractivity contribution is -0.156. The van der Waals surface area contributed by atoms with Crippen molar-refractivity contribution in [3.8, 4) is 11.5 Å². The van der Waals surface area contributed by atoms with Gasteiger partial charge in [-0.1, -0.05) is 12.1 Å². The molecule has 1 aromatic rings. The van der Waals surface area contributed by atoms with Crippen molar-refractivity contribution >= 4 is 5.97 Å². The molecule has 5 heteroatoms. The fraction of sp³-hybridized carbons (Fsp3) is 0.562. The van der Waals surface area contributed by atoms with Gasteiger partial charge in [0.25, 0.3) is 0 Å². The van der Waals surface area contributed by atoms with E-state index in [9.17, 15) is 4.79 Å². The fourth-order valence-electron chi connectivity index (χ4n) is 1.64. The van der Waals surface area contributed by atoms with Crippen molar-refractivity contribution < 1.29 is 19.0 Å². The lowest BCUT2D eigenvalue weighted by Crippen LogP contribution is -2.38. The Balaban J connectivity index is 2.44. The van der Waals surface area contributed by atoms with Crippen LogP contribution in [0.3, 0.4) is 0 Å². The molecule has 21 heavy (non-hydrogen) atoms. The third-order valence-electron chi connectivity index (χ3n) is 2.54. The molecule has 5 nitrogen and oxygen atoms in total. The van der Waals surface area contributed by atoms with Gasteiger partial charge >= 0.3 is 5.97 Å². The minimum atomic E-state index is -0.691. The number of carbonyl (C=O) groups excluding carboxylic acids is 1. The highest BCUT2D eigenvalue weighted by Gasteiger charge is 2.22. The Morgan fingerprint density at radius 3 is 2.29 bits per heavy atom. The van der Waals surface area contributed by atoms with Crippen molar-refractivity contribution in [2.45, 2.75) is 45.8 Å². The summed E-state index contributed by atoms with van der Waals surface area (Å²) in [4.78, 5) is 11.7. The molecule has 118 valence electrons. The van der Waals surface area contributed by atoms with Crippen LogP contribution in [0.2, 0.25) is 0 Å². The van der Waals surface area contributed by atoms with Crippen molar-refractivity contribution in [2.24, 2.45) is 5.73 Å². The number of hydrogen-bond acceptors (Lipinski definition) is 5. The average molecular weight is 295 g/mol. The van der Waals surface area contributed by atoms with E-state index >= 15 is 0 Å². The first-order valence-electron chi connectivity index (χ1n) is 7.16. The Labute approximate surface area is 126 Å². The third-order valence-corrected chi connectivity index (χ3v) is 2.54. The molecule has 0 aliphatic carbocycles. The highest BCUT2D eigenvalue weighted by Crippen LogP contribution is 2.26. The van der Waals surface area contributed by atoms with Crippen LogP contribution in [-0.2, 0) is 9.53 Å². The van der Waals surface area contributed by atoms with E-state index in [4.69, 9.17) is 19.9 Å². The van der Waals surface area contributed by atoms with Gasteiger partial charge in [0, 0.05) is 6.42 Å². The maximum Gasteiger partial charge on any atom is 0.323 e. The van der Waals surface area contributed by atoms with Crippen LogP contribution in [0.15, 0.2) is 24.3 Å². The molecule has 2 N–H and O–H groups in total. The molecule has 0 radical (unpaired) electrons. The topological polar surface area (TPSA) is 70.8 Å². The van der Waals surface area contributed by atoms with E-state index < -0.39 is 17.6 Å². The summed E-state index contributed by atoms with van der Waals surface area (Å²) in [5.74, 6) is 0.922. The van der Waals surface area contributed by atoms with E-state index in [2.05, 4.69) is 0 Å². The average Bonchev–Trinajstić information content (AvgIpc) is 2.39. The zero-order valence-electron chi connectivity index (χ0n) is 13.2. The molecule has 0 fully saturated rings. The van der Waals surface area contributed by atoms with Crippen LogP contribution in [0.25, 0.3) is 0 Å². The SMILES string of the molecule is CCOc1ccccc1OCCC(N)C(=O)OC(C)(C)C. The summed E-state index contributed by atoms with van der Waals surface area (Å²) in [5.41, 5.74) is 5.27. The fourth-order valence-corrected chi connectivity index (χ4v) is 1.64. The number of para-hydroxylation sites is 2. The van der Waals surface area contributed by atoms with Crippen LogP contribution in [0.1, 0.15) is 34.1 Å². The van der Waals surface area contributed by atoms with E-state index in [-0.39, 0.29) is 0 Å². The summed E-state index contributed by atoms with van der Waals surface area (Å²) in [7, 11) is 0. The first-order chi connectivity index (χ1) is 9.83. The molecule has 0 spiro atoms. The van der Waals surface area contributed by atoms with Gasteiger partial charge < -0.3 is 19.9 Å². The van der Waals surface area contributed by atoms with Gasteiger partial charge in [0.15, 0.2) is 11.5 Å². The lowest BCUT2D eigenvalue weighted by atomic mass is 10.1. The molecular formula is C16H25NO4. The predicted molar refractivity (Wildman–Crippen MR) is 81.5 cm³/mol. The van der Waals surface area contributed by atoms with Gasteiger partial charge in [-0.05, 0) is 39.8 Å². The number of ether oxygens (including phenoxy) is 3. The van der Waals surface area contributed by atoms with Crippen LogP contribution in [0, 0.1) is 0 Å². The molecule has 1 unspecified atom stereocenters. The van der Waals surface area contributed by atoms with Crippen molar-refractivity contribution in [3.63, 3.8) is 0 Å². The zero-order valence-corrected chi connectivity index (χ0v) is 13.2. The number of benzene rings is 1. The Morgan fingerprint density at radius 2 is 1.76 bits per heavy atom. The van der Waals surface area contributed by atoms with Gasteiger partial charge in [-0.2, -0.15) is 0 Å². The number of esters is 1. The summed E-state index contributed by atoms with van der Waals surface area (Å²) in [5, 5.41) is 0. The van der Waals surface area contributed by atoms with Crippen molar-refractivity contribution in [1.29, 1.82) is 0 Å². The van der Waals surface area contributed by atoms with Crippen LogP contribution in [-0.4, -0.2) is 30.8 Å². The molecule has 0 bridgehead atoms. The third kappa shape index (κ3) is 6.49. The van der Waals surface area contributed by atoms with E-state index in [1.165, 1.54) is 0 Å². The van der Waals surface area contributed by atoms with Crippen molar-refractivity contribution in [3.05, 3.63) is 24.3 Å². The molecule has 1 aromatic carbocycles. The Kier molecular flexibility index (Phi) is 6.49. The maximum atomic E-state index is 11.7. The quantitative estimate of drug-likeness (QED) is 0.783. The molecule has 0 amide bonds. The summed E-state index contributed by atoms with van der Waals surface area (Å²) in [6, 6.07) is 6.72. The minimum absolute atomic E-state index is 0.324. The van der Waals surface area contributed by atoms with Crippen LogP contribution in [0.4, 0.5) is 0 Å². The van der Waals surface area contributed by atoms with E-state index in [0.29, 0.717) is 31.1 Å². The minimum Gasteiger partial charge on any atom is -0.490 e. The Bertz CT molecular complexity index is 454. The molecule has 0 saturated carbocycles. The summed E-state index contributed by atoms with van der Waals surface area (Å²) in [6.45, 7) is 8.24. The highest BCUT2D eigenvalue weighted by molar-refractivity contribution is 5.75. The molecule has 0 saturated heterocycles. The largest absolute Gasteiger partial charge is 0.490 e. The second-order valence-electron chi connectivity index (χ2n) is 5.66. The number of nitrogens with two attached hydrogens (primary N) is 1. The second kappa shape index (κ2) is 7.88. The zero-order chi connectivity index (χ0) is 15.9. The molecule has 0 aliphatic heterocycles. The summed E-state index contributed by atoms with van der Waals surface area (Å²) in [6.07, 6.45) is 0.384. The normalized spacial score (nSPS) is 12.6. The molecule has 0 aliphatic rings. The van der Waals surface area contributed by atoms with Gasteiger partial charge in [-0.15, -0.1) is 0 Å². The lowest BCUT2D eigenvalue weighted by Gasteiger charge is -2.22. The van der Waals surface area contributed by atoms with Gasteiger partial charge in [-0.3, -0.25) is 4.79 Å². The van der Waals surface area contributed by atoms with Crippen LogP contribution in [0.5, 0.6) is 11.5 Å². The van der Waals surface area contributed by atoms with Gasteiger partial charge in [0.05, 0.1) is 13.2 Å². The van der Waals surface area contributed by atoms with Crippen LogP contribution >= 0.6 is 0 Å². The number of rotatable bonds is 7. The maximum absolute atomic E-state index is 11.7. The van der Waals surface area contributed by atoms with Gasteiger partial charge in [-0.25, -0.2) is 0 Å². The van der Waals surface area contributed by atoms with Gasteiger partial charge in [0.1, 0.15) is 11.6 Å². The van der Waals surface area contributed by atoms with E-state index in [1.54, 1.807) is 0 Å². The van der Waals surface area contributed by atoms with E-state index in [0.717, 1.165) is 0 Å². The number of hydrogen-bond donors (Lipinski definition) is 1. The summed E-state index contributed by atoms with van der Waals surface area (Å²) >= 11 is 0. The smallest absolute Gasteiger partial charge is 0.323 e. The monoisotopic (exact) mass is 295 g/mol.